The van der Waals surface area contributed by atoms with Gasteiger partial charge in [0.25, 0.3) is 0 Å². The molecule has 0 bridgehead atoms. The number of hydrogen-bond donors (Lipinski definition) is 2. The van der Waals surface area contributed by atoms with Crippen LogP contribution < -0.4 is 15.4 Å². The minimum absolute atomic E-state index is 0.101. The summed E-state index contributed by atoms with van der Waals surface area (Å²) in [6, 6.07) is 7.16. The van der Waals surface area contributed by atoms with Crippen LogP contribution in [-0.4, -0.2) is 60.5 Å². The van der Waals surface area contributed by atoms with Gasteiger partial charge in [0.1, 0.15) is 23.6 Å². The Morgan fingerprint density at radius 2 is 1.56 bits per heavy atom. The van der Waals surface area contributed by atoms with Crippen LogP contribution >= 0.6 is 0 Å². The molecular weight excluding hydrogens is 412 g/mol. The molecule has 2 amide bonds. The second-order valence-electron chi connectivity index (χ2n) is 9.61. The smallest absolute Gasteiger partial charge is 0.437 e. The van der Waals surface area contributed by atoms with Crippen LogP contribution in [0.2, 0.25) is 0 Å². The Labute approximate surface area is 190 Å². The molecule has 0 aliphatic carbocycles. The summed E-state index contributed by atoms with van der Waals surface area (Å²) >= 11 is 0. The molecule has 0 unspecified atom stereocenters. The number of guanidine groups is 1. The van der Waals surface area contributed by atoms with Crippen molar-refractivity contribution in [1.82, 2.24) is 10.2 Å². The van der Waals surface area contributed by atoms with Gasteiger partial charge in [-0.1, -0.05) is 0 Å². The zero-order valence-electron chi connectivity index (χ0n) is 20.0. The van der Waals surface area contributed by atoms with Crippen LogP contribution in [0, 0.1) is 0 Å². The monoisotopic (exact) mass is 448 g/mol. The van der Waals surface area contributed by atoms with Crippen molar-refractivity contribution in [2.75, 3.05) is 31.6 Å². The van der Waals surface area contributed by atoms with E-state index in [9.17, 15) is 9.59 Å². The van der Waals surface area contributed by atoms with E-state index in [-0.39, 0.29) is 5.96 Å². The van der Waals surface area contributed by atoms with Crippen LogP contribution in [-0.2, 0) is 9.47 Å². The number of likely N-dealkylation sites (tertiary alicyclic amines) is 1. The van der Waals surface area contributed by atoms with Gasteiger partial charge >= 0.3 is 12.2 Å². The van der Waals surface area contributed by atoms with E-state index < -0.39 is 23.4 Å². The minimum atomic E-state index is -0.835. The van der Waals surface area contributed by atoms with Crippen molar-refractivity contribution in [2.24, 2.45) is 4.99 Å². The van der Waals surface area contributed by atoms with Gasteiger partial charge in [-0.2, -0.15) is 0 Å². The number of hydrogen-bond acceptors (Lipinski definition) is 6. The molecule has 0 atom stereocenters. The molecule has 0 aromatic heterocycles. The van der Waals surface area contributed by atoms with E-state index in [0.717, 1.165) is 25.4 Å². The molecule has 1 aromatic carbocycles. The Kier molecular flexibility index (Phi) is 8.89. The molecule has 2 N–H and O–H groups in total. The van der Waals surface area contributed by atoms with E-state index in [4.69, 9.17) is 14.2 Å². The van der Waals surface area contributed by atoms with Crippen molar-refractivity contribution in [3.05, 3.63) is 24.3 Å². The van der Waals surface area contributed by atoms with Crippen molar-refractivity contribution in [2.45, 2.75) is 65.6 Å². The fourth-order valence-corrected chi connectivity index (χ4v) is 2.93. The number of amides is 2. The SMILES string of the molecule is CC(C)(C)OC(=O)/N=C(/NC(=O)OC(C)(C)C)Nc1ccc(OCCN2CCCC2)cc1. The third-order valence-corrected chi connectivity index (χ3v) is 4.21. The highest BCUT2D eigenvalue weighted by atomic mass is 16.6. The first-order valence-electron chi connectivity index (χ1n) is 10.9. The average Bonchev–Trinajstić information content (AvgIpc) is 3.13. The molecule has 1 aromatic rings. The second-order valence-corrected chi connectivity index (χ2v) is 9.61. The first-order chi connectivity index (χ1) is 14.9. The number of nitrogens with one attached hydrogen (secondary N) is 2. The molecule has 2 rings (SSSR count). The van der Waals surface area contributed by atoms with Crippen LogP contribution in [0.5, 0.6) is 5.75 Å². The minimum Gasteiger partial charge on any atom is -0.492 e. The van der Waals surface area contributed by atoms with Crippen LogP contribution in [0.3, 0.4) is 0 Å². The van der Waals surface area contributed by atoms with Gasteiger partial charge in [0.2, 0.25) is 5.96 Å². The summed E-state index contributed by atoms with van der Waals surface area (Å²) in [5, 5.41) is 5.37. The molecular formula is C23H36N4O5. The van der Waals surface area contributed by atoms with E-state index in [2.05, 4.69) is 20.5 Å². The van der Waals surface area contributed by atoms with E-state index in [0.29, 0.717) is 12.3 Å². The van der Waals surface area contributed by atoms with Gasteiger partial charge in [0, 0.05) is 12.2 Å². The van der Waals surface area contributed by atoms with Gasteiger partial charge in [0.15, 0.2) is 0 Å². The number of anilines is 1. The predicted octanol–water partition coefficient (Wildman–Crippen LogP) is 4.39. The zero-order chi connectivity index (χ0) is 23.8. The summed E-state index contributed by atoms with van der Waals surface area (Å²) in [5.74, 6) is 0.636. The Hall–Kier alpha value is -2.81. The van der Waals surface area contributed by atoms with E-state index in [1.165, 1.54) is 12.8 Å². The third-order valence-electron chi connectivity index (χ3n) is 4.21. The fourth-order valence-electron chi connectivity index (χ4n) is 2.93. The maximum Gasteiger partial charge on any atom is 0.437 e. The number of rotatable bonds is 5. The van der Waals surface area contributed by atoms with Crippen molar-refractivity contribution < 1.29 is 23.8 Å². The lowest BCUT2D eigenvalue weighted by Gasteiger charge is -2.21. The van der Waals surface area contributed by atoms with Crippen molar-refractivity contribution in [3.63, 3.8) is 0 Å². The van der Waals surface area contributed by atoms with Crippen LogP contribution in [0.25, 0.3) is 0 Å². The molecule has 1 aliphatic rings. The molecule has 178 valence electrons. The van der Waals surface area contributed by atoms with Gasteiger partial charge in [-0.15, -0.1) is 4.99 Å². The van der Waals surface area contributed by atoms with E-state index in [1.54, 1.807) is 53.7 Å². The van der Waals surface area contributed by atoms with E-state index >= 15 is 0 Å². The maximum atomic E-state index is 12.2. The highest BCUT2D eigenvalue weighted by molar-refractivity contribution is 6.06. The molecule has 9 heteroatoms. The molecule has 1 fully saturated rings. The lowest BCUT2D eigenvalue weighted by atomic mass is 10.2. The number of nitrogens with zero attached hydrogens (tertiary/aromatic N) is 2. The third kappa shape index (κ3) is 10.5. The molecule has 1 aliphatic heterocycles. The summed E-state index contributed by atoms with van der Waals surface area (Å²) < 4.78 is 16.3. The molecule has 0 saturated carbocycles. The van der Waals surface area contributed by atoms with Crippen molar-refractivity contribution in [3.8, 4) is 5.75 Å². The van der Waals surface area contributed by atoms with E-state index in [1.807, 2.05) is 12.1 Å². The standard InChI is InChI=1S/C23H36N4O5/c1-22(2,3)31-20(28)25-19(26-21(29)32-23(4,5)6)24-17-9-11-18(12-10-17)30-16-15-27-13-7-8-14-27/h9-12H,7-8,13-16H2,1-6H3,(H2,24,25,26,28,29). The summed E-state index contributed by atoms with van der Waals surface area (Å²) in [5.41, 5.74) is -0.809. The molecule has 1 saturated heterocycles. The lowest BCUT2D eigenvalue weighted by Crippen LogP contribution is -2.40. The molecule has 32 heavy (non-hydrogen) atoms. The predicted molar refractivity (Wildman–Crippen MR) is 124 cm³/mol. The average molecular weight is 449 g/mol. The van der Waals surface area contributed by atoms with Gasteiger partial charge in [-0.05, 0) is 91.7 Å². The Morgan fingerprint density at radius 1 is 0.969 bits per heavy atom. The van der Waals surface area contributed by atoms with Crippen LogP contribution in [0.15, 0.2) is 29.3 Å². The first kappa shape index (κ1) is 25.5. The number of ether oxygens (including phenoxy) is 3. The number of aliphatic imine (C=N–C) groups is 1. The molecule has 0 radical (unpaired) electrons. The summed E-state index contributed by atoms with van der Waals surface area (Å²) in [7, 11) is 0. The summed E-state index contributed by atoms with van der Waals surface area (Å²) in [4.78, 5) is 30.5. The number of carbonyl (C=O) groups is 2. The quantitative estimate of drug-likeness (QED) is 0.509. The maximum absolute atomic E-state index is 12.2. The van der Waals surface area contributed by atoms with Gasteiger partial charge in [0.05, 0.1) is 0 Å². The number of alkyl carbamates (subject to hydrolysis) is 1. The summed E-state index contributed by atoms with van der Waals surface area (Å²) in [6.07, 6.45) is 0.933. The van der Waals surface area contributed by atoms with Gasteiger partial charge in [-0.3, -0.25) is 10.2 Å². The normalized spacial score (nSPS) is 15.2. The van der Waals surface area contributed by atoms with Crippen molar-refractivity contribution in [1.29, 1.82) is 0 Å². The number of benzene rings is 1. The Balaban J connectivity index is 2.00. The second kappa shape index (κ2) is 11.2. The Morgan fingerprint density at radius 3 is 2.12 bits per heavy atom. The van der Waals surface area contributed by atoms with Gasteiger partial charge < -0.3 is 19.5 Å². The lowest BCUT2D eigenvalue weighted by molar-refractivity contribution is 0.0562. The number of carbonyl (C=O) groups excluding carboxylic acids is 2. The largest absolute Gasteiger partial charge is 0.492 e. The van der Waals surface area contributed by atoms with Crippen LogP contribution in [0.1, 0.15) is 54.4 Å². The van der Waals surface area contributed by atoms with Crippen molar-refractivity contribution >= 4 is 23.8 Å². The topological polar surface area (TPSA) is 101 Å². The first-order valence-corrected chi connectivity index (χ1v) is 10.9. The molecule has 0 spiro atoms. The highest BCUT2D eigenvalue weighted by Gasteiger charge is 2.20. The molecule has 1 heterocycles. The highest BCUT2D eigenvalue weighted by Crippen LogP contribution is 2.17. The molecule has 9 nitrogen and oxygen atoms in total. The van der Waals surface area contributed by atoms with Crippen LogP contribution in [0.4, 0.5) is 15.3 Å². The van der Waals surface area contributed by atoms with Gasteiger partial charge in [-0.25, -0.2) is 9.59 Å². The Bertz CT molecular complexity index is 788. The zero-order valence-corrected chi connectivity index (χ0v) is 20.0. The fraction of sp³-hybridized carbons (Fsp3) is 0.609. The summed E-state index contributed by atoms with van der Waals surface area (Å²) in [6.45, 7) is 14.2.